The molecule has 0 radical (unpaired) electrons. The van der Waals surface area contributed by atoms with Crippen LogP contribution >= 0.6 is 15.9 Å². The molecular formula is C12H15BrN2O3S. The summed E-state index contributed by atoms with van der Waals surface area (Å²) in [6, 6.07) is 6.37. The molecule has 1 fully saturated rings. The Bertz CT molecular complexity index is 553. The summed E-state index contributed by atoms with van der Waals surface area (Å²) in [6.45, 7) is 1.71. The van der Waals surface area contributed by atoms with Crippen molar-refractivity contribution in [3.05, 3.63) is 28.7 Å². The zero-order valence-corrected chi connectivity index (χ0v) is 12.7. The standard InChI is InChI=1S/C12H15BrN2O3S/c13-10-2-4-11(5-3-10)19(17,18)14-7-6-12(16)15-8-1-9-15/h2-5,14H,1,6-9H2. The third-order valence-corrected chi connectivity index (χ3v) is 4.97. The fourth-order valence-corrected chi connectivity index (χ4v) is 3.01. The van der Waals surface area contributed by atoms with Gasteiger partial charge in [0.05, 0.1) is 4.90 Å². The van der Waals surface area contributed by atoms with Gasteiger partial charge in [-0.2, -0.15) is 0 Å². The second-order valence-corrected chi connectivity index (χ2v) is 7.02. The van der Waals surface area contributed by atoms with Crippen molar-refractivity contribution in [3.63, 3.8) is 0 Å². The number of halogens is 1. The first kappa shape index (κ1) is 14.5. The van der Waals surface area contributed by atoms with Crippen LogP contribution in [0.2, 0.25) is 0 Å². The van der Waals surface area contributed by atoms with Crippen molar-refractivity contribution in [2.45, 2.75) is 17.7 Å². The first-order valence-electron chi connectivity index (χ1n) is 6.02. The SMILES string of the molecule is O=C(CCNS(=O)(=O)c1ccc(Br)cc1)N1CCC1. The van der Waals surface area contributed by atoms with Crippen LogP contribution in [-0.4, -0.2) is 38.9 Å². The number of hydrogen-bond donors (Lipinski definition) is 1. The third kappa shape index (κ3) is 3.77. The molecule has 104 valence electrons. The zero-order chi connectivity index (χ0) is 13.9. The van der Waals surface area contributed by atoms with E-state index in [0.717, 1.165) is 24.0 Å². The van der Waals surface area contributed by atoms with Crippen LogP contribution in [-0.2, 0) is 14.8 Å². The number of likely N-dealkylation sites (tertiary alicyclic amines) is 1. The van der Waals surface area contributed by atoms with Gasteiger partial charge in [-0.1, -0.05) is 15.9 Å². The molecule has 0 aromatic heterocycles. The molecule has 5 nitrogen and oxygen atoms in total. The maximum Gasteiger partial charge on any atom is 0.240 e. The fraction of sp³-hybridized carbons (Fsp3) is 0.417. The Morgan fingerprint density at radius 2 is 1.89 bits per heavy atom. The fourth-order valence-electron chi connectivity index (χ4n) is 1.71. The van der Waals surface area contributed by atoms with E-state index in [1.807, 2.05) is 0 Å². The molecule has 1 aliphatic heterocycles. The Kier molecular flexibility index (Phi) is 4.59. The molecule has 1 aromatic carbocycles. The summed E-state index contributed by atoms with van der Waals surface area (Å²) in [4.78, 5) is 13.5. The summed E-state index contributed by atoms with van der Waals surface area (Å²) in [7, 11) is -3.53. The van der Waals surface area contributed by atoms with Crippen LogP contribution in [0.3, 0.4) is 0 Å². The van der Waals surface area contributed by atoms with Crippen molar-refractivity contribution < 1.29 is 13.2 Å². The number of benzene rings is 1. The second kappa shape index (κ2) is 6.02. The van der Waals surface area contributed by atoms with Gasteiger partial charge < -0.3 is 4.90 Å². The summed E-state index contributed by atoms with van der Waals surface area (Å²) in [5.41, 5.74) is 0. The quantitative estimate of drug-likeness (QED) is 0.874. The summed E-state index contributed by atoms with van der Waals surface area (Å²) >= 11 is 3.25. The van der Waals surface area contributed by atoms with Gasteiger partial charge in [0.15, 0.2) is 0 Å². The Hall–Kier alpha value is -0.920. The lowest BCUT2D eigenvalue weighted by Gasteiger charge is -2.30. The largest absolute Gasteiger partial charge is 0.343 e. The molecule has 2 rings (SSSR count). The predicted molar refractivity (Wildman–Crippen MR) is 75.1 cm³/mol. The van der Waals surface area contributed by atoms with Gasteiger partial charge in [0.1, 0.15) is 0 Å². The Balaban J connectivity index is 1.87. The summed E-state index contributed by atoms with van der Waals surface area (Å²) < 4.78 is 27.1. The van der Waals surface area contributed by atoms with Crippen molar-refractivity contribution in [2.24, 2.45) is 0 Å². The van der Waals surface area contributed by atoms with Gasteiger partial charge in [-0.05, 0) is 30.7 Å². The summed E-state index contributed by atoms with van der Waals surface area (Å²) in [5.74, 6) is 0.00440. The first-order valence-corrected chi connectivity index (χ1v) is 8.30. The lowest BCUT2D eigenvalue weighted by atomic mass is 10.2. The minimum absolute atomic E-state index is 0.00440. The molecule has 7 heteroatoms. The van der Waals surface area contributed by atoms with Gasteiger partial charge in [0.2, 0.25) is 15.9 Å². The maximum atomic E-state index is 11.9. The van der Waals surface area contributed by atoms with Crippen LogP contribution < -0.4 is 4.72 Å². The van der Waals surface area contributed by atoms with Crippen molar-refractivity contribution in [3.8, 4) is 0 Å². The highest BCUT2D eigenvalue weighted by molar-refractivity contribution is 9.10. The summed E-state index contributed by atoms with van der Waals surface area (Å²) in [5, 5.41) is 0. The molecule has 0 bridgehead atoms. The van der Waals surface area contributed by atoms with Gasteiger partial charge >= 0.3 is 0 Å². The van der Waals surface area contributed by atoms with Crippen LogP contribution in [0, 0.1) is 0 Å². The molecule has 0 atom stereocenters. The van der Waals surface area contributed by atoms with Gasteiger partial charge in [0.25, 0.3) is 0 Å². The minimum Gasteiger partial charge on any atom is -0.343 e. The number of carbonyl (C=O) groups is 1. The number of sulfonamides is 1. The van der Waals surface area contributed by atoms with Crippen LogP contribution in [0.4, 0.5) is 0 Å². The minimum atomic E-state index is -3.53. The molecule has 1 aromatic rings. The van der Waals surface area contributed by atoms with Crippen molar-refractivity contribution in [1.82, 2.24) is 9.62 Å². The molecule has 1 aliphatic rings. The van der Waals surface area contributed by atoms with Crippen molar-refractivity contribution >= 4 is 31.9 Å². The first-order chi connectivity index (χ1) is 8.99. The molecular weight excluding hydrogens is 332 g/mol. The van der Waals surface area contributed by atoms with E-state index in [0.29, 0.717) is 0 Å². The monoisotopic (exact) mass is 346 g/mol. The molecule has 1 amide bonds. The van der Waals surface area contributed by atoms with Crippen LogP contribution in [0.25, 0.3) is 0 Å². The molecule has 0 unspecified atom stereocenters. The number of amides is 1. The topological polar surface area (TPSA) is 66.5 Å². The number of nitrogens with zero attached hydrogens (tertiary/aromatic N) is 1. The lowest BCUT2D eigenvalue weighted by Crippen LogP contribution is -2.43. The predicted octanol–water partition coefficient (Wildman–Crippen LogP) is 1.35. The van der Waals surface area contributed by atoms with Crippen LogP contribution in [0.1, 0.15) is 12.8 Å². The van der Waals surface area contributed by atoms with Gasteiger partial charge in [-0.3, -0.25) is 4.79 Å². The molecule has 1 N–H and O–H groups in total. The lowest BCUT2D eigenvalue weighted by molar-refractivity contribution is -0.134. The van der Waals surface area contributed by atoms with E-state index < -0.39 is 10.0 Å². The van der Waals surface area contributed by atoms with Crippen LogP contribution in [0.15, 0.2) is 33.6 Å². The van der Waals surface area contributed by atoms with Gasteiger partial charge in [0, 0.05) is 30.5 Å². The molecule has 0 spiro atoms. The van der Waals surface area contributed by atoms with E-state index in [-0.39, 0.29) is 23.8 Å². The molecule has 1 heterocycles. The molecule has 1 saturated heterocycles. The molecule has 0 aliphatic carbocycles. The average molecular weight is 347 g/mol. The van der Waals surface area contributed by atoms with Gasteiger partial charge in [-0.25, -0.2) is 13.1 Å². The van der Waals surface area contributed by atoms with E-state index in [4.69, 9.17) is 0 Å². The Morgan fingerprint density at radius 3 is 2.42 bits per heavy atom. The highest BCUT2D eigenvalue weighted by atomic mass is 79.9. The molecule has 0 saturated carbocycles. The Labute approximate surface area is 121 Å². The average Bonchev–Trinajstić information content (AvgIpc) is 2.26. The third-order valence-electron chi connectivity index (χ3n) is 2.96. The zero-order valence-electron chi connectivity index (χ0n) is 10.3. The normalized spacial score (nSPS) is 15.1. The number of hydrogen-bond acceptors (Lipinski definition) is 3. The van der Waals surface area contributed by atoms with E-state index in [1.165, 1.54) is 12.1 Å². The van der Waals surface area contributed by atoms with Gasteiger partial charge in [-0.15, -0.1) is 0 Å². The van der Waals surface area contributed by atoms with Crippen molar-refractivity contribution in [1.29, 1.82) is 0 Å². The smallest absolute Gasteiger partial charge is 0.240 e. The number of nitrogens with one attached hydrogen (secondary N) is 1. The summed E-state index contributed by atoms with van der Waals surface area (Å²) in [6.07, 6.45) is 1.24. The van der Waals surface area contributed by atoms with E-state index in [2.05, 4.69) is 20.7 Å². The van der Waals surface area contributed by atoms with Crippen LogP contribution in [0.5, 0.6) is 0 Å². The highest BCUT2D eigenvalue weighted by Gasteiger charge is 2.20. The highest BCUT2D eigenvalue weighted by Crippen LogP contribution is 2.14. The Morgan fingerprint density at radius 1 is 1.26 bits per heavy atom. The molecule has 19 heavy (non-hydrogen) atoms. The number of carbonyl (C=O) groups excluding carboxylic acids is 1. The van der Waals surface area contributed by atoms with Crippen molar-refractivity contribution in [2.75, 3.05) is 19.6 Å². The second-order valence-electron chi connectivity index (χ2n) is 4.34. The van der Waals surface area contributed by atoms with E-state index >= 15 is 0 Å². The van der Waals surface area contributed by atoms with E-state index in [1.54, 1.807) is 17.0 Å². The number of rotatable bonds is 5. The van der Waals surface area contributed by atoms with E-state index in [9.17, 15) is 13.2 Å². The maximum absolute atomic E-state index is 11.9.